The van der Waals surface area contributed by atoms with Gasteiger partial charge in [0, 0.05) is 13.0 Å². The average molecular weight is 662 g/mol. The molecule has 8 nitrogen and oxygen atoms in total. The number of aliphatic hydroxyl groups is 3. The van der Waals surface area contributed by atoms with Gasteiger partial charge in [-0.1, -0.05) is 102 Å². The number of unbranched alkanes of at least 4 members (excludes halogenated alkanes) is 17. The van der Waals surface area contributed by atoms with E-state index in [1.54, 1.807) is 14.1 Å². The summed E-state index contributed by atoms with van der Waals surface area (Å²) in [6.45, 7) is 4.25. The van der Waals surface area contributed by atoms with Crippen molar-refractivity contribution in [3.8, 4) is 0 Å². The largest absolute Gasteiger partial charge is 0.774 e. The number of quaternary nitrogens is 1. The van der Waals surface area contributed by atoms with E-state index in [-0.39, 0.29) is 30.7 Å². The molecule has 2 unspecified atom stereocenters. The summed E-state index contributed by atoms with van der Waals surface area (Å²) in [7, 11) is -0.885. The summed E-state index contributed by atoms with van der Waals surface area (Å²) in [4.78, 5) is 12.5. The van der Waals surface area contributed by atoms with Crippen LogP contribution < -0.4 is 4.89 Å². The van der Waals surface area contributed by atoms with Crippen LogP contribution >= 0.6 is 7.60 Å². The van der Waals surface area contributed by atoms with Gasteiger partial charge in [-0.05, 0) is 64.7 Å². The summed E-state index contributed by atoms with van der Waals surface area (Å²) in [6, 6.07) is 0. The quantitative estimate of drug-likeness (QED) is 0.0214. The highest BCUT2D eigenvalue weighted by molar-refractivity contribution is 7.51. The maximum absolute atomic E-state index is 12.5. The third kappa shape index (κ3) is 28.2. The van der Waals surface area contributed by atoms with Crippen LogP contribution in [-0.2, 0) is 13.8 Å². The fourth-order valence-electron chi connectivity index (χ4n) is 5.15. The molecule has 0 aromatic heterocycles. The van der Waals surface area contributed by atoms with Crippen molar-refractivity contribution in [2.75, 3.05) is 40.5 Å². The Labute approximate surface area is 277 Å². The van der Waals surface area contributed by atoms with E-state index in [1.165, 1.54) is 110 Å². The Morgan fingerprint density at radius 2 is 1.11 bits per heavy atom. The van der Waals surface area contributed by atoms with E-state index in [2.05, 4.69) is 31.2 Å². The minimum Gasteiger partial charge on any atom is -0.774 e. The number of hydrogen-bond donors (Lipinski definition) is 3. The predicted octanol–water partition coefficient (Wildman–Crippen LogP) is 7.99. The van der Waals surface area contributed by atoms with Gasteiger partial charge in [-0.25, -0.2) is 0 Å². The van der Waals surface area contributed by atoms with Crippen LogP contribution in [0, 0.1) is 0 Å². The Morgan fingerprint density at radius 3 is 1.56 bits per heavy atom. The molecule has 0 saturated heterocycles. The van der Waals surface area contributed by atoms with Crippen molar-refractivity contribution < 1.29 is 38.5 Å². The monoisotopic (exact) mass is 662 g/mol. The second-order valence-corrected chi connectivity index (χ2v) is 15.5. The van der Waals surface area contributed by atoms with E-state index in [0.717, 1.165) is 25.7 Å². The van der Waals surface area contributed by atoms with Crippen LogP contribution in [0.25, 0.3) is 0 Å². The molecule has 0 radical (unpaired) electrons. The average Bonchev–Trinajstić information content (AvgIpc) is 3.00. The van der Waals surface area contributed by atoms with E-state index < -0.39 is 25.8 Å². The SMILES string of the molecule is CCCCCCC/C=C\CCCCCCCCCC/C=C\CCCCCOC[C@@H](O)COP(=O)([O-])C(C)[N+](C)(C)CCC(O)O. The first-order valence-electron chi connectivity index (χ1n) is 18.2. The normalized spacial score (nSPS) is 15.4. The summed E-state index contributed by atoms with van der Waals surface area (Å²) in [6.07, 6.45) is 32.5. The first-order chi connectivity index (χ1) is 21.5. The molecular weight excluding hydrogens is 589 g/mol. The van der Waals surface area contributed by atoms with Gasteiger partial charge in [0.15, 0.2) is 13.9 Å². The van der Waals surface area contributed by atoms with Crippen LogP contribution in [0.15, 0.2) is 24.3 Å². The van der Waals surface area contributed by atoms with Crippen LogP contribution in [0.2, 0.25) is 0 Å². The fraction of sp³-hybridized carbons (Fsp3) is 0.889. The predicted molar refractivity (Wildman–Crippen MR) is 186 cm³/mol. The van der Waals surface area contributed by atoms with Gasteiger partial charge >= 0.3 is 0 Å². The summed E-state index contributed by atoms with van der Waals surface area (Å²) in [5.41, 5.74) is 0. The summed E-state index contributed by atoms with van der Waals surface area (Å²) in [5.74, 6) is -0.893. The smallest absolute Gasteiger partial charge is 0.192 e. The van der Waals surface area contributed by atoms with Gasteiger partial charge in [0.1, 0.15) is 11.9 Å². The Balaban J connectivity index is 3.55. The molecule has 0 fully saturated rings. The molecule has 0 aliphatic rings. The molecule has 3 atom stereocenters. The Kier molecular flexibility index (Phi) is 29.2. The first-order valence-corrected chi connectivity index (χ1v) is 19.8. The molecule has 0 amide bonds. The number of hydrogen-bond acceptors (Lipinski definition) is 7. The van der Waals surface area contributed by atoms with E-state index in [0.29, 0.717) is 6.61 Å². The zero-order valence-electron chi connectivity index (χ0n) is 29.6. The Morgan fingerprint density at radius 1 is 0.689 bits per heavy atom. The van der Waals surface area contributed by atoms with Gasteiger partial charge in [-0.2, -0.15) is 0 Å². The highest BCUT2D eigenvalue weighted by Gasteiger charge is 2.34. The minimum absolute atomic E-state index is 0.0261. The van der Waals surface area contributed by atoms with Crippen molar-refractivity contribution >= 4 is 7.60 Å². The molecule has 0 spiro atoms. The molecule has 9 heteroatoms. The number of aliphatic hydroxyl groups excluding tert-OH is 2. The summed E-state index contributed by atoms with van der Waals surface area (Å²) < 4.78 is 23.1. The lowest BCUT2D eigenvalue weighted by Gasteiger charge is -2.42. The second kappa shape index (κ2) is 29.6. The topological polar surface area (TPSA) is 119 Å². The van der Waals surface area contributed by atoms with Crippen LogP contribution in [0.4, 0.5) is 0 Å². The van der Waals surface area contributed by atoms with E-state index >= 15 is 0 Å². The molecule has 0 aromatic carbocycles. The van der Waals surface area contributed by atoms with Crippen LogP contribution in [0.5, 0.6) is 0 Å². The third-order valence-corrected chi connectivity index (χ3v) is 10.7. The van der Waals surface area contributed by atoms with Crippen molar-refractivity contribution in [1.29, 1.82) is 0 Å². The number of allylic oxidation sites excluding steroid dienone is 4. The number of ether oxygens (including phenoxy) is 1. The lowest BCUT2D eigenvalue weighted by atomic mass is 10.1. The second-order valence-electron chi connectivity index (χ2n) is 13.4. The number of nitrogens with zero attached hydrogens (tertiary/aromatic N) is 1. The van der Waals surface area contributed by atoms with Crippen molar-refractivity contribution in [3.05, 3.63) is 24.3 Å². The van der Waals surface area contributed by atoms with Crippen molar-refractivity contribution in [2.24, 2.45) is 0 Å². The van der Waals surface area contributed by atoms with Gasteiger partial charge in [-0.15, -0.1) is 0 Å². The molecule has 0 heterocycles. The van der Waals surface area contributed by atoms with Gasteiger partial charge in [0.05, 0.1) is 33.9 Å². The molecule has 45 heavy (non-hydrogen) atoms. The fourth-order valence-corrected chi connectivity index (χ4v) is 6.63. The standard InChI is InChI=1S/C36H72NO7P/c1-5-6-7-8-9-10-11-12-13-14-15-16-17-18-19-20-21-22-23-24-25-26-27-28-31-43-32-35(38)33-44-45(41,42)34(2)37(3,4)30-29-36(39)40/h11-12,23-24,34-36,38-40H,5-10,13-22,25-33H2,1-4H3/b12-11-,24-23-/t34?,35-/m1/s1. The van der Waals surface area contributed by atoms with Gasteiger partial charge in [0.25, 0.3) is 0 Å². The van der Waals surface area contributed by atoms with Crippen LogP contribution in [0.3, 0.4) is 0 Å². The molecular formula is C36H72NO7P. The van der Waals surface area contributed by atoms with Crippen molar-refractivity contribution in [3.63, 3.8) is 0 Å². The molecule has 0 aromatic rings. The van der Waals surface area contributed by atoms with Gasteiger partial charge in [-0.3, -0.25) is 0 Å². The zero-order valence-corrected chi connectivity index (χ0v) is 30.5. The molecule has 0 aliphatic carbocycles. The summed E-state index contributed by atoms with van der Waals surface area (Å²) >= 11 is 0. The third-order valence-electron chi connectivity index (χ3n) is 8.65. The highest BCUT2D eigenvalue weighted by Crippen LogP contribution is 2.46. The lowest BCUT2D eigenvalue weighted by Crippen LogP contribution is -2.50. The van der Waals surface area contributed by atoms with E-state index in [9.17, 15) is 14.6 Å². The first kappa shape index (κ1) is 44.4. The summed E-state index contributed by atoms with van der Waals surface area (Å²) in [5, 5.41) is 28.2. The molecule has 3 N–H and O–H groups in total. The van der Waals surface area contributed by atoms with Crippen molar-refractivity contribution in [2.45, 2.75) is 167 Å². The van der Waals surface area contributed by atoms with E-state index in [1.807, 2.05) is 0 Å². The molecule has 0 rings (SSSR count). The maximum atomic E-state index is 12.5. The molecule has 0 saturated carbocycles. The van der Waals surface area contributed by atoms with Crippen LogP contribution in [-0.4, -0.2) is 78.4 Å². The van der Waals surface area contributed by atoms with Crippen LogP contribution in [0.1, 0.15) is 149 Å². The Hall–Kier alpha value is -0.570. The maximum Gasteiger partial charge on any atom is 0.192 e. The highest BCUT2D eigenvalue weighted by atomic mass is 31.2. The minimum atomic E-state index is -4.27. The zero-order chi connectivity index (χ0) is 33.7. The lowest BCUT2D eigenvalue weighted by molar-refractivity contribution is -0.902. The number of rotatable bonds is 33. The van der Waals surface area contributed by atoms with Crippen molar-refractivity contribution in [1.82, 2.24) is 0 Å². The molecule has 268 valence electrons. The molecule has 0 bridgehead atoms. The molecule has 0 aliphatic heterocycles. The van der Waals surface area contributed by atoms with Gasteiger partial charge in [0.2, 0.25) is 0 Å². The van der Waals surface area contributed by atoms with E-state index in [4.69, 9.17) is 19.5 Å². The Bertz CT molecular complexity index is 760. The van der Waals surface area contributed by atoms with Gasteiger partial charge < -0.3 is 38.5 Å².